The van der Waals surface area contributed by atoms with Crippen molar-refractivity contribution in [2.45, 2.75) is 26.2 Å². The van der Waals surface area contributed by atoms with Gasteiger partial charge in [-0.15, -0.1) is 0 Å². The molecule has 124 valence electrons. The van der Waals surface area contributed by atoms with E-state index in [1.807, 2.05) is 19.1 Å². The molecule has 0 amide bonds. The molecule has 1 aromatic heterocycles. The number of hydrogen-bond donors (Lipinski definition) is 1. The van der Waals surface area contributed by atoms with Crippen molar-refractivity contribution < 1.29 is 14.6 Å². The SMILES string of the molecule is COc1ccc(OC)c2c1CN(Cn1nc(C)sc1=S)CC2O. The van der Waals surface area contributed by atoms with Gasteiger partial charge in [0, 0.05) is 24.2 Å². The fraction of sp³-hybridized carbons (Fsp3) is 0.467. The molecule has 1 unspecified atom stereocenters. The molecule has 6 nitrogen and oxygen atoms in total. The largest absolute Gasteiger partial charge is 0.496 e. The van der Waals surface area contributed by atoms with Crippen LogP contribution in [0.5, 0.6) is 11.5 Å². The summed E-state index contributed by atoms with van der Waals surface area (Å²) in [5.41, 5.74) is 1.75. The van der Waals surface area contributed by atoms with E-state index in [4.69, 9.17) is 21.7 Å². The number of aromatic nitrogens is 2. The first-order valence-electron chi connectivity index (χ1n) is 7.22. The molecule has 1 atom stereocenters. The van der Waals surface area contributed by atoms with E-state index < -0.39 is 6.10 Å². The molecule has 1 aliphatic heterocycles. The quantitative estimate of drug-likeness (QED) is 0.853. The Bertz CT molecular complexity index is 772. The monoisotopic (exact) mass is 353 g/mol. The Hall–Kier alpha value is -1.48. The van der Waals surface area contributed by atoms with Crippen LogP contribution in [0.1, 0.15) is 22.2 Å². The van der Waals surface area contributed by atoms with E-state index in [2.05, 4.69) is 10.00 Å². The summed E-state index contributed by atoms with van der Waals surface area (Å²) in [6.45, 7) is 3.62. The van der Waals surface area contributed by atoms with Crippen molar-refractivity contribution in [1.82, 2.24) is 14.7 Å². The fourth-order valence-electron chi connectivity index (χ4n) is 2.94. The zero-order valence-corrected chi connectivity index (χ0v) is 14.9. The smallest absolute Gasteiger partial charge is 0.180 e. The van der Waals surface area contributed by atoms with Crippen LogP contribution in [0.3, 0.4) is 0 Å². The standard InChI is InChI=1S/C15H19N3O3S2/c1-9-16-18(15(22)23-9)8-17-6-10-12(20-2)4-5-13(21-3)14(10)11(19)7-17/h4-5,11,19H,6-8H2,1-3H3. The molecule has 0 saturated carbocycles. The van der Waals surface area contributed by atoms with Crippen LogP contribution in [0, 0.1) is 10.9 Å². The van der Waals surface area contributed by atoms with Gasteiger partial charge in [-0.25, -0.2) is 4.68 Å². The van der Waals surface area contributed by atoms with Crippen molar-refractivity contribution in [3.63, 3.8) is 0 Å². The number of aliphatic hydroxyl groups excluding tert-OH is 1. The summed E-state index contributed by atoms with van der Waals surface area (Å²) < 4.78 is 13.4. The Labute approximate surface area is 143 Å². The second-order valence-electron chi connectivity index (χ2n) is 5.42. The highest BCUT2D eigenvalue weighted by Crippen LogP contribution is 2.39. The molecule has 0 aliphatic carbocycles. The molecule has 0 bridgehead atoms. The van der Waals surface area contributed by atoms with Crippen LogP contribution in [-0.2, 0) is 13.2 Å². The lowest BCUT2D eigenvalue weighted by molar-refractivity contribution is 0.0671. The average molecular weight is 353 g/mol. The van der Waals surface area contributed by atoms with E-state index in [1.165, 1.54) is 11.3 Å². The summed E-state index contributed by atoms with van der Waals surface area (Å²) in [6.07, 6.45) is -0.641. The number of methoxy groups -OCH3 is 2. The van der Waals surface area contributed by atoms with Crippen molar-refractivity contribution in [2.75, 3.05) is 20.8 Å². The zero-order valence-electron chi connectivity index (χ0n) is 13.3. The number of fused-ring (bicyclic) bond motifs is 1. The summed E-state index contributed by atoms with van der Waals surface area (Å²) in [5.74, 6) is 1.44. The molecule has 8 heteroatoms. The molecule has 0 saturated heterocycles. The van der Waals surface area contributed by atoms with Gasteiger partial charge in [-0.2, -0.15) is 5.10 Å². The minimum Gasteiger partial charge on any atom is -0.496 e. The second-order valence-corrected chi connectivity index (χ2v) is 7.24. The van der Waals surface area contributed by atoms with Crippen molar-refractivity contribution in [1.29, 1.82) is 0 Å². The van der Waals surface area contributed by atoms with Gasteiger partial charge in [0.1, 0.15) is 16.5 Å². The first-order chi connectivity index (χ1) is 11.0. The number of ether oxygens (including phenoxy) is 2. The van der Waals surface area contributed by atoms with Crippen LogP contribution < -0.4 is 9.47 Å². The van der Waals surface area contributed by atoms with Crippen molar-refractivity contribution in [2.24, 2.45) is 0 Å². The predicted octanol–water partition coefficient (Wildman–Crippen LogP) is 2.51. The first kappa shape index (κ1) is 16.4. The van der Waals surface area contributed by atoms with Crippen LogP contribution in [0.4, 0.5) is 0 Å². The van der Waals surface area contributed by atoms with Gasteiger partial charge < -0.3 is 14.6 Å². The number of aryl methyl sites for hydroxylation is 1. The van der Waals surface area contributed by atoms with Crippen LogP contribution in [-0.4, -0.2) is 40.6 Å². The fourth-order valence-corrected chi connectivity index (χ4v) is 4.00. The number of hydrogen-bond acceptors (Lipinski definition) is 7. The molecule has 0 radical (unpaired) electrons. The molecule has 3 rings (SSSR count). The maximum atomic E-state index is 10.6. The van der Waals surface area contributed by atoms with Gasteiger partial charge in [-0.3, -0.25) is 4.90 Å². The van der Waals surface area contributed by atoms with E-state index in [1.54, 1.807) is 18.9 Å². The lowest BCUT2D eigenvalue weighted by atomic mass is 9.95. The molecule has 23 heavy (non-hydrogen) atoms. The van der Waals surface area contributed by atoms with Crippen LogP contribution in [0.25, 0.3) is 0 Å². The molecule has 2 aromatic rings. The molecule has 0 spiro atoms. The van der Waals surface area contributed by atoms with Gasteiger partial charge in [0.15, 0.2) is 3.95 Å². The third-order valence-electron chi connectivity index (χ3n) is 3.90. The predicted molar refractivity (Wildman–Crippen MR) is 90.6 cm³/mol. The second kappa shape index (κ2) is 6.56. The molecule has 0 fully saturated rings. The molecule has 1 N–H and O–H groups in total. The summed E-state index contributed by atoms with van der Waals surface area (Å²) in [5, 5.41) is 15.9. The molecule has 1 aliphatic rings. The molecule has 2 heterocycles. The van der Waals surface area contributed by atoms with Gasteiger partial charge >= 0.3 is 0 Å². The average Bonchev–Trinajstić information content (AvgIpc) is 2.83. The van der Waals surface area contributed by atoms with Crippen molar-refractivity contribution >= 4 is 23.6 Å². The van der Waals surface area contributed by atoms with Gasteiger partial charge in [0.2, 0.25) is 0 Å². The maximum Gasteiger partial charge on any atom is 0.180 e. The lowest BCUT2D eigenvalue weighted by Crippen LogP contribution is -2.35. The molecule has 1 aromatic carbocycles. The summed E-state index contributed by atoms with van der Waals surface area (Å²) >= 11 is 6.81. The Morgan fingerprint density at radius 3 is 2.65 bits per heavy atom. The van der Waals surface area contributed by atoms with E-state index >= 15 is 0 Å². The van der Waals surface area contributed by atoms with Gasteiger partial charge in [0.05, 0.1) is 27.0 Å². The van der Waals surface area contributed by atoms with Crippen LogP contribution in [0.15, 0.2) is 12.1 Å². The van der Waals surface area contributed by atoms with Crippen LogP contribution in [0.2, 0.25) is 0 Å². The summed E-state index contributed by atoms with van der Waals surface area (Å²) in [7, 11) is 3.24. The normalized spacial score (nSPS) is 17.8. The number of aliphatic hydroxyl groups is 1. The first-order valence-corrected chi connectivity index (χ1v) is 8.44. The zero-order chi connectivity index (χ0) is 16.6. The molecular weight excluding hydrogens is 334 g/mol. The Morgan fingerprint density at radius 2 is 2.04 bits per heavy atom. The minimum absolute atomic E-state index is 0.495. The minimum atomic E-state index is -0.641. The third kappa shape index (κ3) is 3.12. The number of benzene rings is 1. The Balaban J connectivity index is 1.93. The highest BCUT2D eigenvalue weighted by atomic mass is 32.1. The van der Waals surface area contributed by atoms with Gasteiger partial charge in [0.25, 0.3) is 0 Å². The van der Waals surface area contributed by atoms with E-state index in [9.17, 15) is 5.11 Å². The maximum absolute atomic E-state index is 10.6. The topological polar surface area (TPSA) is 59.8 Å². The van der Waals surface area contributed by atoms with Gasteiger partial charge in [-0.1, -0.05) is 11.3 Å². The molecular formula is C15H19N3O3S2. The summed E-state index contributed by atoms with van der Waals surface area (Å²) in [4.78, 5) is 2.10. The highest BCUT2D eigenvalue weighted by molar-refractivity contribution is 7.73. The van der Waals surface area contributed by atoms with Crippen LogP contribution >= 0.6 is 23.6 Å². The van der Waals surface area contributed by atoms with E-state index in [0.29, 0.717) is 25.5 Å². The van der Waals surface area contributed by atoms with Crippen molar-refractivity contribution in [3.05, 3.63) is 32.2 Å². The Morgan fingerprint density at radius 1 is 1.35 bits per heavy atom. The van der Waals surface area contributed by atoms with Gasteiger partial charge in [-0.05, 0) is 31.3 Å². The van der Waals surface area contributed by atoms with Crippen molar-refractivity contribution in [3.8, 4) is 11.5 Å². The van der Waals surface area contributed by atoms with E-state index in [-0.39, 0.29) is 0 Å². The summed E-state index contributed by atoms with van der Waals surface area (Å²) in [6, 6.07) is 3.70. The lowest BCUT2D eigenvalue weighted by Gasteiger charge is -2.33. The Kier molecular flexibility index (Phi) is 4.67. The number of β-amino-alcohol motifs (C(OH)–C–C–N with tert-alkyl or cyclic N) is 1. The number of nitrogens with zero attached hydrogens (tertiary/aromatic N) is 3. The number of rotatable bonds is 4. The third-order valence-corrected chi connectivity index (χ3v) is 5.12. The van der Waals surface area contributed by atoms with E-state index in [0.717, 1.165) is 25.8 Å². The highest BCUT2D eigenvalue weighted by Gasteiger charge is 2.29.